The molecule has 0 bridgehead atoms. The maximum absolute atomic E-state index is 5.76. The molecule has 0 aliphatic heterocycles. The lowest BCUT2D eigenvalue weighted by Crippen LogP contribution is -2.22. The molecule has 1 heterocycles. The van der Waals surface area contributed by atoms with Crippen molar-refractivity contribution in [2.75, 3.05) is 6.61 Å². The summed E-state index contributed by atoms with van der Waals surface area (Å²) in [5.41, 5.74) is 5.76. The molecule has 1 aromatic heterocycles. The zero-order chi connectivity index (χ0) is 10.4. The largest absolute Gasteiger partial charge is 0.372 e. The quantitative estimate of drug-likeness (QED) is 0.736. The fourth-order valence-electron chi connectivity index (χ4n) is 1.000. The lowest BCUT2D eigenvalue weighted by atomic mass is 10.2. The molecular formula is C9H17N3O2. The van der Waals surface area contributed by atoms with Gasteiger partial charge in [-0.25, -0.2) is 0 Å². The van der Waals surface area contributed by atoms with E-state index in [1.807, 2.05) is 13.8 Å². The van der Waals surface area contributed by atoms with E-state index in [1.54, 1.807) is 0 Å². The summed E-state index contributed by atoms with van der Waals surface area (Å²) in [5, 5.41) is 3.81. The highest BCUT2D eigenvalue weighted by molar-refractivity contribution is 4.88. The highest BCUT2D eigenvalue weighted by Crippen LogP contribution is 2.02. The molecule has 1 rings (SSSR count). The van der Waals surface area contributed by atoms with Crippen LogP contribution in [-0.4, -0.2) is 22.8 Å². The van der Waals surface area contributed by atoms with Gasteiger partial charge in [-0.1, -0.05) is 12.1 Å². The topological polar surface area (TPSA) is 74.2 Å². The Kier molecular flexibility index (Phi) is 4.55. The van der Waals surface area contributed by atoms with Gasteiger partial charge in [0, 0.05) is 19.1 Å². The Morgan fingerprint density at radius 3 is 2.93 bits per heavy atom. The van der Waals surface area contributed by atoms with E-state index in [-0.39, 0.29) is 6.04 Å². The van der Waals surface area contributed by atoms with Gasteiger partial charge in [0.15, 0.2) is 5.82 Å². The van der Waals surface area contributed by atoms with Crippen LogP contribution in [0.25, 0.3) is 0 Å². The van der Waals surface area contributed by atoms with Crippen molar-refractivity contribution in [3.05, 3.63) is 11.7 Å². The Morgan fingerprint density at radius 2 is 2.29 bits per heavy atom. The highest BCUT2D eigenvalue weighted by Gasteiger charge is 2.09. The summed E-state index contributed by atoms with van der Waals surface area (Å²) in [6.45, 7) is 4.98. The number of nitrogens with two attached hydrogens (primary N) is 1. The molecule has 14 heavy (non-hydrogen) atoms. The second-order valence-electron chi connectivity index (χ2n) is 3.11. The standard InChI is InChI=1S/C9H17N3O2/c1-3-7(10)5-8-11-9(14-12-8)6-13-4-2/h7H,3-6,10H2,1-2H3. The van der Waals surface area contributed by atoms with Crippen LogP contribution >= 0.6 is 0 Å². The van der Waals surface area contributed by atoms with Crippen LogP contribution in [0.15, 0.2) is 4.52 Å². The molecule has 0 aliphatic rings. The van der Waals surface area contributed by atoms with E-state index in [1.165, 1.54) is 0 Å². The summed E-state index contributed by atoms with van der Waals surface area (Å²) in [6.07, 6.45) is 1.57. The van der Waals surface area contributed by atoms with Gasteiger partial charge in [-0.05, 0) is 13.3 Å². The fraction of sp³-hybridized carbons (Fsp3) is 0.778. The van der Waals surface area contributed by atoms with Gasteiger partial charge in [0.2, 0.25) is 0 Å². The molecule has 0 aromatic carbocycles. The Labute approximate surface area is 83.6 Å². The highest BCUT2D eigenvalue weighted by atomic mass is 16.5. The van der Waals surface area contributed by atoms with Crippen LogP contribution in [0.3, 0.4) is 0 Å². The third kappa shape index (κ3) is 3.43. The van der Waals surface area contributed by atoms with E-state index in [9.17, 15) is 0 Å². The van der Waals surface area contributed by atoms with Gasteiger partial charge >= 0.3 is 0 Å². The minimum absolute atomic E-state index is 0.104. The van der Waals surface area contributed by atoms with Gasteiger partial charge in [0.1, 0.15) is 6.61 Å². The first-order valence-electron chi connectivity index (χ1n) is 4.91. The summed E-state index contributed by atoms with van der Waals surface area (Å²) >= 11 is 0. The van der Waals surface area contributed by atoms with E-state index >= 15 is 0 Å². The van der Waals surface area contributed by atoms with Crippen molar-refractivity contribution in [1.29, 1.82) is 0 Å². The third-order valence-electron chi connectivity index (χ3n) is 1.91. The minimum Gasteiger partial charge on any atom is -0.372 e. The molecule has 0 radical (unpaired) electrons. The zero-order valence-corrected chi connectivity index (χ0v) is 8.69. The monoisotopic (exact) mass is 199 g/mol. The van der Waals surface area contributed by atoms with Gasteiger partial charge in [-0.15, -0.1) is 0 Å². The van der Waals surface area contributed by atoms with Crippen LogP contribution in [0.2, 0.25) is 0 Å². The Balaban J connectivity index is 2.42. The molecule has 80 valence electrons. The second kappa shape index (κ2) is 5.72. The van der Waals surface area contributed by atoms with Crippen LogP contribution in [0.1, 0.15) is 32.0 Å². The lowest BCUT2D eigenvalue weighted by molar-refractivity contribution is 0.109. The summed E-state index contributed by atoms with van der Waals surface area (Å²) < 4.78 is 10.1. The first-order chi connectivity index (χ1) is 6.76. The normalized spacial score (nSPS) is 13.1. The van der Waals surface area contributed by atoms with Crippen molar-refractivity contribution in [2.45, 2.75) is 39.3 Å². The number of aromatic nitrogens is 2. The third-order valence-corrected chi connectivity index (χ3v) is 1.91. The van der Waals surface area contributed by atoms with Crippen molar-refractivity contribution in [3.8, 4) is 0 Å². The van der Waals surface area contributed by atoms with Crippen LogP contribution in [0.4, 0.5) is 0 Å². The zero-order valence-electron chi connectivity index (χ0n) is 8.69. The molecule has 0 saturated heterocycles. The number of nitrogens with zero attached hydrogens (tertiary/aromatic N) is 2. The first kappa shape index (κ1) is 11.1. The molecule has 1 unspecified atom stereocenters. The van der Waals surface area contributed by atoms with Crippen LogP contribution in [0.5, 0.6) is 0 Å². The molecule has 0 aliphatic carbocycles. The smallest absolute Gasteiger partial charge is 0.252 e. The lowest BCUT2D eigenvalue weighted by Gasteiger charge is -2.02. The predicted molar refractivity (Wildman–Crippen MR) is 51.6 cm³/mol. The van der Waals surface area contributed by atoms with Gasteiger partial charge in [0.25, 0.3) is 5.89 Å². The van der Waals surface area contributed by atoms with E-state index in [2.05, 4.69) is 10.1 Å². The SMILES string of the molecule is CCOCc1nc(CC(N)CC)no1. The molecule has 1 atom stereocenters. The van der Waals surface area contributed by atoms with Crippen molar-refractivity contribution in [1.82, 2.24) is 10.1 Å². The maximum atomic E-state index is 5.76. The van der Waals surface area contributed by atoms with Crippen molar-refractivity contribution in [2.24, 2.45) is 5.73 Å². The van der Waals surface area contributed by atoms with Gasteiger partial charge in [-0.3, -0.25) is 0 Å². The first-order valence-corrected chi connectivity index (χ1v) is 4.91. The van der Waals surface area contributed by atoms with E-state index in [0.29, 0.717) is 31.3 Å². The Bertz CT molecular complexity index is 262. The molecule has 2 N–H and O–H groups in total. The molecule has 0 amide bonds. The van der Waals surface area contributed by atoms with Gasteiger partial charge in [-0.2, -0.15) is 4.98 Å². The van der Waals surface area contributed by atoms with Crippen molar-refractivity contribution >= 4 is 0 Å². The number of hydrogen-bond donors (Lipinski definition) is 1. The number of rotatable bonds is 6. The molecule has 0 saturated carbocycles. The second-order valence-corrected chi connectivity index (χ2v) is 3.11. The van der Waals surface area contributed by atoms with Gasteiger partial charge < -0.3 is 15.0 Å². The number of ether oxygens (including phenoxy) is 1. The molecule has 5 nitrogen and oxygen atoms in total. The molecule has 0 spiro atoms. The van der Waals surface area contributed by atoms with E-state index < -0.39 is 0 Å². The summed E-state index contributed by atoms with van der Waals surface area (Å²) in [7, 11) is 0. The van der Waals surface area contributed by atoms with Crippen LogP contribution < -0.4 is 5.73 Å². The van der Waals surface area contributed by atoms with Crippen LogP contribution in [0, 0.1) is 0 Å². The van der Waals surface area contributed by atoms with E-state index in [4.69, 9.17) is 15.0 Å². The minimum atomic E-state index is 0.104. The summed E-state index contributed by atoms with van der Waals surface area (Å²) in [6, 6.07) is 0.104. The molecular weight excluding hydrogens is 182 g/mol. The fourth-order valence-corrected chi connectivity index (χ4v) is 1.000. The molecule has 5 heteroatoms. The Hall–Kier alpha value is -0.940. The van der Waals surface area contributed by atoms with Crippen molar-refractivity contribution < 1.29 is 9.26 Å². The summed E-state index contributed by atoms with van der Waals surface area (Å²) in [4.78, 5) is 4.15. The van der Waals surface area contributed by atoms with E-state index in [0.717, 1.165) is 6.42 Å². The average molecular weight is 199 g/mol. The maximum Gasteiger partial charge on any atom is 0.252 e. The average Bonchev–Trinajstić information content (AvgIpc) is 2.62. The molecule has 1 aromatic rings. The summed E-state index contributed by atoms with van der Waals surface area (Å²) in [5.74, 6) is 1.18. The number of hydrogen-bond acceptors (Lipinski definition) is 5. The predicted octanol–water partition coefficient (Wildman–Crippen LogP) is 0.886. The van der Waals surface area contributed by atoms with Crippen molar-refractivity contribution in [3.63, 3.8) is 0 Å². The molecule has 0 fully saturated rings. The van der Waals surface area contributed by atoms with Crippen LogP contribution in [-0.2, 0) is 17.8 Å². The van der Waals surface area contributed by atoms with Gasteiger partial charge in [0.05, 0.1) is 0 Å². The Morgan fingerprint density at radius 1 is 1.50 bits per heavy atom.